The minimum atomic E-state index is -3.67. The van der Waals surface area contributed by atoms with Crippen LogP contribution in [0.2, 0.25) is 0 Å². The zero-order chi connectivity index (χ0) is 23.2. The maximum atomic E-state index is 13.0. The number of benzene rings is 1. The predicted molar refractivity (Wildman–Crippen MR) is 137 cm³/mol. The fraction of sp³-hybridized carbons (Fsp3) is 0.381. The molecule has 0 bridgehead atoms. The fourth-order valence-electron chi connectivity index (χ4n) is 4.01. The van der Waals surface area contributed by atoms with Gasteiger partial charge in [0.05, 0.1) is 28.7 Å². The van der Waals surface area contributed by atoms with E-state index in [-0.39, 0.29) is 4.21 Å². The van der Waals surface area contributed by atoms with Gasteiger partial charge < -0.3 is 15.2 Å². The lowest BCUT2D eigenvalue weighted by Gasteiger charge is -2.40. The quantitative estimate of drug-likeness (QED) is 0.425. The highest BCUT2D eigenvalue weighted by Gasteiger charge is 2.44. The molecule has 12 heteroatoms. The third-order valence-corrected chi connectivity index (χ3v) is 11.3. The minimum Gasteiger partial charge on any atom is -0.352 e. The predicted octanol–water partition coefficient (Wildman–Crippen LogP) is 2.60. The average Bonchev–Trinajstić information content (AvgIpc) is 3.59. The summed E-state index contributed by atoms with van der Waals surface area (Å²) in [5.74, 6) is -0.176. The number of thiophene rings is 1. The van der Waals surface area contributed by atoms with Crippen molar-refractivity contribution in [3.05, 3.63) is 47.5 Å². The molecule has 0 saturated carbocycles. The van der Waals surface area contributed by atoms with Gasteiger partial charge in [0.25, 0.3) is 10.0 Å². The molecule has 33 heavy (non-hydrogen) atoms. The minimum absolute atomic E-state index is 0.283. The SMILES string of the molecule is CN(c1cccc2cc(C3=NCC(C(O)(O)N4CCSCC4)S3)[nH]c12)S(=O)(=O)c1cccs1. The van der Waals surface area contributed by atoms with Gasteiger partial charge in [0, 0.05) is 37.0 Å². The molecule has 1 saturated heterocycles. The standard InChI is InChI=1S/C21H24N4O4S4/c1-24(33(28,29)18-6-3-9-31-18)16-5-2-4-14-12-15(23-19(14)16)20-22-13-17(32-20)21(26,27)25-7-10-30-11-8-25/h2-6,9,12,17,23,26-27H,7-8,10-11,13H2,1H3. The first-order valence-corrected chi connectivity index (χ1v) is 14.8. The van der Waals surface area contributed by atoms with E-state index < -0.39 is 21.2 Å². The molecule has 2 aromatic heterocycles. The van der Waals surface area contributed by atoms with Crippen LogP contribution in [0.25, 0.3) is 10.9 Å². The lowest BCUT2D eigenvalue weighted by Crippen LogP contribution is -2.58. The van der Waals surface area contributed by atoms with Crippen LogP contribution in [0.4, 0.5) is 5.69 Å². The molecule has 0 amide bonds. The van der Waals surface area contributed by atoms with Crippen molar-refractivity contribution >= 4 is 66.5 Å². The van der Waals surface area contributed by atoms with Crippen LogP contribution in [0, 0.1) is 0 Å². The third kappa shape index (κ3) is 4.22. The summed E-state index contributed by atoms with van der Waals surface area (Å²) in [5, 5.41) is 24.5. The zero-order valence-corrected chi connectivity index (χ0v) is 21.1. The molecule has 3 N–H and O–H groups in total. The van der Waals surface area contributed by atoms with E-state index >= 15 is 0 Å². The van der Waals surface area contributed by atoms with Crippen LogP contribution >= 0.6 is 34.9 Å². The molecule has 1 fully saturated rings. The van der Waals surface area contributed by atoms with Crippen LogP contribution in [0.3, 0.4) is 0 Å². The number of aromatic amines is 1. The third-order valence-electron chi connectivity index (χ3n) is 5.88. The summed E-state index contributed by atoms with van der Waals surface area (Å²) in [4.78, 5) is 9.61. The molecular formula is C21H24N4O4S4. The first kappa shape index (κ1) is 23.2. The van der Waals surface area contributed by atoms with Gasteiger partial charge in [0.2, 0.25) is 5.91 Å². The summed E-state index contributed by atoms with van der Waals surface area (Å²) in [6.45, 7) is 1.56. The van der Waals surface area contributed by atoms with Gasteiger partial charge >= 0.3 is 0 Å². The first-order chi connectivity index (χ1) is 15.8. The van der Waals surface area contributed by atoms with E-state index in [9.17, 15) is 18.6 Å². The summed E-state index contributed by atoms with van der Waals surface area (Å²) >= 11 is 4.33. The number of hydrogen-bond acceptors (Lipinski definition) is 9. The molecule has 1 atom stereocenters. The van der Waals surface area contributed by atoms with Crippen molar-refractivity contribution in [2.75, 3.05) is 42.5 Å². The largest absolute Gasteiger partial charge is 0.352 e. The van der Waals surface area contributed by atoms with E-state index in [0.717, 1.165) is 22.6 Å². The molecule has 2 aliphatic heterocycles. The van der Waals surface area contributed by atoms with Crippen LogP contribution < -0.4 is 4.31 Å². The smallest absolute Gasteiger partial charge is 0.273 e. The number of nitrogens with zero attached hydrogens (tertiary/aromatic N) is 3. The Labute approximate surface area is 204 Å². The summed E-state index contributed by atoms with van der Waals surface area (Å²) in [5.41, 5.74) is 1.96. The second kappa shape index (κ2) is 8.91. The number of fused-ring (bicyclic) bond motifs is 1. The number of rotatable bonds is 6. The molecular weight excluding hydrogens is 501 g/mol. The normalized spacial score (nSPS) is 20.3. The summed E-state index contributed by atoms with van der Waals surface area (Å²) in [7, 11) is -2.12. The van der Waals surface area contributed by atoms with Gasteiger partial charge in [-0.1, -0.05) is 30.0 Å². The Morgan fingerprint density at radius 1 is 1.21 bits per heavy atom. The van der Waals surface area contributed by atoms with E-state index in [1.807, 2.05) is 30.0 Å². The zero-order valence-electron chi connectivity index (χ0n) is 17.8. The van der Waals surface area contributed by atoms with Crippen molar-refractivity contribution in [3.8, 4) is 0 Å². The number of anilines is 1. The molecule has 176 valence electrons. The van der Waals surface area contributed by atoms with Gasteiger partial charge in [-0.05, 0) is 23.6 Å². The molecule has 1 aromatic carbocycles. The monoisotopic (exact) mass is 524 g/mol. The summed E-state index contributed by atoms with van der Waals surface area (Å²) < 4.78 is 27.6. The molecule has 2 aliphatic rings. The highest BCUT2D eigenvalue weighted by molar-refractivity contribution is 8.15. The van der Waals surface area contributed by atoms with Crippen LogP contribution in [0.1, 0.15) is 5.69 Å². The summed E-state index contributed by atoms with van der Waals surface area (Å²) in [6, 6.07) is 10.7. The lowest BCUT2D eigenvalue weighted by molar-refractivity contribution is -0.259. The van der Waals surface area contributed by atoms with E-state index in [2.05, 4.69) is 9.98 Å². The molecule has 8 nitrogen and oxygen atoms in total. The number of aliphatic imine (C=N–C) groups is 1. The Morgan fingerprint density at radius 3 is 2.73 bits per heavy atom. The van der Waals surface area contributed by atoms with Crippen LogP contribution in [-0.4, -0.2) is 82.9 Å². The van der Waals surface area contributed by atoms with E-state index in [1.54, 1.807) is 35.5 Å². The van der Waals surface area contributed by atoms with Crippen molar-refractivity contribution in [1.82, 2.24) is 9.88 Å². The Kier molecular flexibility index (Phi) is 6.27. The molecule has 0 radical (unpaired) electrons. The molecule has 0 aliphatic carbocycles. The molecule has 3 aromatic rings. The Morgan fingerprint density at radius 2 is 2.00 bits per heavy atom. The van der Waals surface area contributed by atoms with Gasteiger partial charge in [-0.2, -0.15) is 11.8 Å². The molecule has 4 heterocycles. The number of H-pyrrole nitrogens is 1. The van der Waals surface area contributed by atoms with Crippen molar-refractivity contribution in [2.45, 2.75) is 15.4 Å². The second-order valence-electron chi connectivity index (χ2n) is 7.87. The van der Waals surface area contributed by atoms with Gasteiger partial charge in [-0.25, -0.2) is 8.42 Å². The summed E-state index contributed by atoms with van der Waals surface area (Å²) in [6.07, 6.45) is 0. The van der Waals surface area contributed by atoms with Crippen molar-refractivity contribution in [2.24, 2.45) is 4.99 Å². The highest BCUT2D eigenvalue weighted by atomic mass is 32.2. The Balaban J connectivity index is 1.41. The maximum Gasteiger partial charge on any atom is 0.273 e. The van der Waals surface area contributed by atoms with Crippen molar-refractivity contribution in [3.63, 3.8) is 0 Å². The van der Waals surface area contributed by atoms with Gasteiger partial charge in [-0.15, -0.1) is 11.3 Å². The molecule has 0 spiro atoms. The van der Waals surface area contributed by atoms with Gasteiger partial charge in [0.15, 0.2) is 0 Å². The van der Waals surface area contributed by atoms with Gasteiger partial charge in [0.1, 0.15) is 9.25 Å². The fourth-order valence-corrected chi connectivity index (χ4v) is 8.40. The van der Waals surface area contributed by atoms with Crippen LogP contribution in [-0.2, 0) is 10.0 Å². The number of sulfonamides is 1. The number of aliphatic hydroxyl groups is 2. The topological polar surface area (TPSA) is 109 Å². The maximum absolute atomic E-state index is 13.0. The van der Waals surface area contributed by atoms with Gasteiger partial charge in [-0.3, -0.25) is 14.2 Å². The van der Waals surface area contributed by atoms with Crippen LogP contribution in [0.5, 0.6) is 0 Å². The van der Waals surface area contributed by atoms with E-state index in [4.69, 9.17) is 0 Å². The number of aromatic nitrogens is 1. The lowest BCUT2D eigenvalue weighted by atomic mass is 10.2. The Bertz CT molecular complexity index is 1280. The number of hydrogen-bond donors (Lipinski definition) is 3. The first-order valence-electron chi connectivity index (χ1n) is 10.4. The number of para-hydroxylation sites is 1. The number of thioether (sulfide) groups is 2. The Hall–Kier alpha value is -1.54. The molecule has 5 rings (SSSR count). The number of nitrogens with one attached hydrogen (secondary N) is 1. The second-order valence-corrected chi connectivity index (χ2v) is 13.4. The highest BCUT2D eigenvalue weighted by Crippen LogP contribution is 2.37. The average molecular weight is 525 g/mol. The van der Waals surface area contributed by atoms with Crippen molar-refractivity contribution < 1.29 is 18.6 Å². The van der Waals surface area contributed by atoms with E-state index in [0.29, 0.717) is 35.9 Å². The van der Waals surface area contributed by atoms with Crippen LogP contribution in [0.15, 0.2) is 51.0 Å². The van der Waals surface area contributed by atoms with Crippen molar-refractivity contribution in [1.29, 1.82) is 0 Å². The van der Waals surface area contributed by atoms with E-state index in [1.165, 1.54) is 27.4 Å². The molecule has 1 unspecified atom stereocenters.